The van der Waals surface area contributed by atoms with Crippen molar-refractivity contribution in [2.75, 3.05) is 26.2 Å². The van der Waals surface area contributed by atoms with Crippen molar-refractivity contribution in [3.8, 4) is 17.2 Å². The normalized spacial score (nSPS) is 20.9. The van der Waals surface area contributed by atoms with Gasteiger partial charge in [0.05, 0.1) is 27.4 Å². The Hall–Kier alpha value is -5.17. The number of carbonyl (C=O) groups is 3. The highest BCUT2D eigenvalue weighted by Gasteiger charge is 2.71. The lowest BCUT2D eigenvalue weighted by Gasteiger charge is -2.37. The second-order valence-corrected chi connectivity index (χ2v) is 11.0. The van der Waals surface area contributed by atoms with Crippen molar-refractivity contribution in [3.05, 3.63) is 125 Å². The number of hydrogen-bond donors (Lipinski definition) is 0. The Labute approximate surface area is 249 Å². The molecule has 0 N–H and O–H groups in total. The molecule has 7 nitrogen and oxygen atoms in total. The Morgan fingerprint density at radius 1 is 0.744 bits per heavy atom. The van der Waals surface area contributed by atoms with Gasteiger partial charge in [-0.3, -0.25) is 14.4 Å². The van der Waals surface area contributed by atoms with Gasteiger partial charge < -0.3 is 19.1 Å². The molecule has 7 heteroatoms. The van der Waals surface area contributed by atoms with E-state index in [1.807, 2.05) is 47.4 Å². The second kappa shape index (κ2) is 9.98. The molecule has 1 spiro atoms. The summed E-state index contributed by atoms with van der Waals surface area (Å²) in [5.41, 5.74) is 1.95. The van der Waals surface area contributed by atoms with Gasteiger partial charge in [-0.1, -0.05) is 60.7 Å². The van der Waals surface area contributed by atoms with Gasteiger partial charge in [0, 0.05) is 28.3 Å². The zero-order valence-electron chi connectivity index (χ0n) is 23.9. The fourth-order valence-electron chi connectivity index (χ4n) is 7.26. The predicted molar refractivity (Wildman–Crippen MR) is 163 cm³/mol. The van der Waals surface area contributed by atoms with Crippen molar-refractivity contribution in [1.29, 1.82) is 0 Å². The summed E-state index contributed by atoms with van der Waals surface area (Å²) in [4.78, 5) is 46.4. The molecule has 0 unspecified atom stereocenters. The van der Waals surface area contributed by atoms with E-state index in [4.69, 9.17) is 14.2 Å². The lowest BCUT2D eigenvalue weighted by molar-refractivity contribution is 0.0665. The predicted octanol–water partition coefficient (Wildman–Crippen LogP) is 6.03. The number of rotatable bonds is 6. The van der Waals surface area contributed by atoms with E-state index in [9.17, 15) is 14.4 Å². The Kier molecular flexibility index (Phi) is 6.20. The van der Waals surface area contributed by atoms with Crippen molar-refractivity contribution in [3.63, 3.8) is 0 Å². The van der Waals surface area contributed by atoms with Crippen molar-refractivity contribution in [2.45, 2.75) is 18.0 Å². The highest BCUT2D eigenvalue weighted by atomic mass is 16.5. The standard InChI is InChI=1S/C36H29NO6/c1-41-24-16-12-22(13-17-24)33(38)32-31(23-14-18-28(42-2)29(20-23)43-3)36(34(39)25-9-5-6-10-26(25)35(36)40)30-19-15-21-8-4-7-11-27(21)37(30)32/h4-20,30-32H,1-3H3/t30-,31-,32+/m1/s1. The first kappa shape index (κ1) is 26.7. The van der Waals surface area contributed by atoms with Crippen LogP contribution in [0.1, 0.15) is 48.1 Å². The second-order valence-electron chi connectivity index (χ2n) is 11.0. The van der Waals surface area contributed by atoms with Gasteiger partial charge in [-0.25, -0.2) is 0 Å². The lowest BCUT2D eigenvalue weighted by atomic mass is 9.64. The molecule has 3 atom stereocenters. The summed E-state index contributed by atoms with van der Waals surface area (Å²) in [6.07, 6.45) is 3.87. The van der Waals surface area contributed by atoms with Crippen LogP contribution in [0.2, 0.25) is 0 Å². The molecular formula is C36H29NO6. The minimum absolute atomic E-state index is 0.203. The van der Waals surface area contributed by atoms with E-state index in [1.165, 1.54) is 7.11 Å². The van der Waals surface area contributed by atoms with Crippen molar-refractivity contribution in [1.82, 2.24) is 0 Å². The molecule has 0 bridgehead atoms. The molecule has 0 saturated carbocycles. The van der Waals surface area contributed by atoms with E-state index in [-0.39, 0.29) is 17.3 Å². The molecule has 3 aliphatic rings. The first-order valence-corrected chi connectivity index (χ1v) is 14.1. The molecule has 0 amide bonds. The number of Topliss-reactive ketones (excluding diaryl/α,β-unsaturated/α-hetero) is 3. The van der Waals surface area contributed by atoms with Gasteiger partial charge in [0.15, 0.2) is 28.8 Å². The number of benzene rings is 4. The molecule has 214 valence electrons. The van der Waals surface area contributed by atoms with Crippen molar-refractivity contribution in [2.24, 2.45) is 5.41 Å². The smallest absolute Gasteiger partial charge is 0.185 e. The van der Waals surface area contributed by atoms with Crippen LogP contribution in [0.15, 0.2) is 97.1 Å². The van der Waals surface area contributed by atoms with Crippen LogP contribution in [0.25, 0.3) is 6.08 Å². The number of nitrogens with zero attached hydrogens (tertiary/aromatic N) is 1. The van der Waals surface area contributed by atoms with Crippen LogP contribution < -0.4 is 19.1 Å². The molecule has 4 aromatic carbocycles. The molecule has 4 aromatic rings. The number of carbonyl (C=O) groups excluding carboxylic acids is 3. The summed E-state index contributed by atoms with van der Waals surface area (Å²) in [6.45, 7) is 0. The van der Waals surface area contributed by atoms with E-state index in [1.54, 1.807) is 74.9 Å². The summed E-state index contributed by atoms with van der Waals surface area (Å²) >= 11 is 0. The first-order valence-electron chi connectivity index (χ1n) is 14.1. The van der Waals surface area contributed by atoms with Crippen LogP contribution in [-0.2, 0) is 0 Å². The van der Waals surface area contributed by atoms with Gasteiger partial charge in [-0.05, 0) is 53.6 Å². The molecule has 1 aliphatic carbocycles. The quantitative estimate of drug-likeness (QED) is 0.207. The Morgan fingerprint density at radius 2 is 1.40 bits per heavy atom. The van der Waals surface area contributed by atoms with E-state index < -0.39 is 23.4 Å². The van der Waals surface area contributed by atoms with E-state index in [2.05, 4.69) is 0 Å². The Bertz CT molecular complexity index is 1790. The number of para-hydroxylation sites is 1. The van der Waals surface area contributed by atoms with Gasteiger partial charge in [-0.15, -0.1) is 0 Å². The van der Waals surface area contributed by atoms with Gasteiger partial charge in [0.2, 0.25) is 0 Å². The van der Waals surface area contributed by atoms with E-state index in [0.29, 0.717) is 39.5 Å². The third-order valence-corrected chi connectivity index (χ3v) is 9.12. The minimum atomic E-state index is -1.60. The third-order valence-electron chi connectivity index (χ3n) is 9.12. The summed E-state index contributed by atoms with van der Waals surface area (Å²) in [5, 5.41) is 0. The number of ketones is 3. The highest BCUT2D eigenvalue weighted by molar-refractivity contribution is 6.32. The van der Waals surface area contributed by atoms with Crippen LogP contribution in [0.4, 0.5) is 5.69 Å². The van der Waals surface area contributed by atoms with Crippen molar-refractivity contribution >= 4 is 29.1 Å². The van der Waals surface area contributed by atoms with Crippen molar-refractivity contribution < 1.29 is 28.6 Å². The minimum Gasteiger partial charge on any atom is -0.497 e. The number of ether oxygens (including phenoxy) is 3. The van der Waals surface area contributed by atoms with Gasteiger partial charge in [0.1, 0.15) is 17.2 Å². The van der Waals surface area contributed by atoms with Crippen LogP contribution in [0.3, 0.4) is 0 Å². The fourth-order valence-corrected chi connectivity index (χ4v) is 7.26. The molecule has 2 heterocycles. The number of methoxy groups -OCH3 is 3. The fraction of sp³-hybridized carbons (Fsp3) is 0.194. The molecule has 0 aromatic heterocycles. The highest BCUT2D eigenvalue weighted by Crippen LogP contribution is 2.61. The molecule has 2 aliphatic heterocycles. The summed E-state index contributed by atoms with van der Waals surface area (Å²) in [7, 11) is 4.66. The topological polar surface area (TPSA) is 82.1 Å². The molecule has 0 radical (unpaired) electrons. The zero-order valence-corrected chi connectivity index (χ0v) is 23.9. The van der Waals surface area contributed by atoms with Crippen LogP contribution in [0.5, 0.6) is 17.2 Å². The lowest BCUT2D eigenvalue weighted by Crippen LogP contribution is -2.48. The van der Waals surface area contributed by atoms with Crippen LogP contribution >= 0.6 is 0 Å². The maximum absolute atomic E-state index is 14.8. The van der Waals surface area contributed by atoms with E-state index >= 15 is 0 Å². The van der Waals surface area contributed by atoms with E-state index in [0.717, 1.165) is 11.3 Å². The maximum atomic E-state index is 14.8. The number of fused-ring (bicyclic) bond motifs is 5. The largest absolute Gasteiger partial charge is 0.497 e. The SMILES string of the molecule is COc1ccc(C(=O)[C@@H]2[C@@H](c3ccc(OC)c(OC)c3)C3(C(=O)c4ccccc4C3=O)[C@H]3C=Cc4ccccc4N23)cc1. The maximum Gasteiger partial charge on any atom is 0.185 e. The molecular weight excluding hydrogens is 542 g/mol. The van der Waals surface area contributed by atoms with Gasteiger partial charge in [0.25, 0.3) is 0 Å². The average molecular weight is 572 g/mol. The molecule has 1 saturated heterocycles. The molecule has 7 rings (SSSR count). The first-order chi connectivity index (χ1) is 20.9. The number of anilines is 1. The van der Waals surface area contributed by atoms with Crippen LogP contribution in [0, 0.1) is 5.41 Å². The molecule has 1 fully saturated rings. The summed E-state index contributed by atoms with van der Waals surface area (Å²) < 4.78 is 16.5. The monoisotopic (exact) mass is 571 g/mol. The number of hydrogen-bond acceptors (Lipinski definition) is 7. The summed E-state index contributed by atoms with van der Waals surface area (Å²) in [6, 6.07) is 25.4. The zero-order chi connectivity index (χ0) is 29.9. The van der Waals surface area contributed by atoms with Gasteiger partial charge >= 0.3 is 0 Å². The third kappa shape index (κ3) is 3.64. The summed E-state index contributed by atoms with van der Waals surface area (Å²) in [5.74, 6) is -0.0414. The van der Waals surface area contributed by atoms with Gasteiger partial charge in [-0.2, -0.15) is 0 Å². The Balaban J connectivity index is 1.54. The Morgan fingerprint density at radius 3 is 2.05 bits per heavy atom. The average Bonchev–Trinajstić information content (AvgIpc) is 3.50. The van der Waals surface area contributed by atoms with Crippen LogP contribution in [-0.4, -0.2) is 50.8 Å². The molecule has 43 heavy (non-hydrogen) atoms.